The Bertz CT molecular complexity index is 671. The number of hydrogen-bond acceptors (Lipinski definition) is 4. The third kappa shape index (κ3) is 5.57. The summed E-state index contributed by atoms with van der Waals surface area (Å²) in [6.45, 7) is 3.50. The normalized spacial score (nSPS) is 10.3. The molecule has 0 amide bonds. The molecule has 2 aromatic rings. The molecule has 0 bridgehead atoms. The lowest BCUT2D eigenvalue weighted by atomic mass is 10.1. The highest BCUT2D eigenvalue weighted by Crippen LogP contribution is 2.22. The Morgan fingerprint density at radius 2 is 1.88 bits per heavy atom. The van der Waals surface area contributed by atoms with Crippen molar-refractivity contribution >= 4 is 27.6 Å². The molecule has 0 aromatic heterocycles. The number of halogens is 1. The second-order valence-corrected chi connectivity index (χ2v) is 6.39. The van der Waals surface area contributed by atoms with Gasteiger partial charge in [0.15, 0.2) is 0 Å². The van der Waals surface area contributed by atoms with Gasteiger partial charge < -0.3 is 14.8 Å². The molecule has 5 heteroatoms. The molecule has 0 saturated heterocycles. The summed E-state index contributed by atoms with van der Waals surface area (Å²) in [4.78, 5) is 11.8. The number of unbranched alkanes of at least 4 members (excludes halogenated alkanes) is 1. The van der Waals surface area contributed by atoms with E-state index >= 15 is 0 Å². The molecule has 1 N–H and O–H groups in total. The van der Waals surface area contributed by atoms with Crippen LogP contribution in [0.4, 0.5) is 5.69 Å². The number of aryl methyl sites for hydroxylation is 1. The molecule has 0 radical (unpaired) electrons. The average molecular weight is 392 g/mol. The summed E-state index contributed by atoms with van der Waals surface area (Å²) in [6.07, 6.45) is 1.88. The van der Waals surface area contributed by atoms with Gasteiger partial charge in [-0.2, -0.15) is 0 Å². The summed E-state index contributed by atoms with van der Waals surface area (Å²) < 4.78 is 11.4. The van der Waals surface area contributed by atoms with Gasteiger partial charge in [-0.3, -0.25) is 0 Å². The van der Waals surface area contributed by atoms with Crippen molar-refractivity contribution < 1.29 is 14.3 Å². The molecule has 0 aliphatic heterocycles. The number of ether oxygens (including phenoxy) is 2. The van der Waals surface area contributed by atoms with Crippen LogP contribution in [0.15, 0.2) is 46.9 Å². The third-order valence-electron chi connectivity index (χ3n) is 3.56. The quantitative estimate of drug-likeness (QED) is 0.517. The fourth-order valence-electron chi connectivity index (χ4n) is 2.22. The average Bonchev–Trinajstić information content (AvgIpc) is 2.59. The Balaban J connectivity index is 1.74. The summed E-state index contributed by atoms with van der Waals surface area (Å²) in [5.74, 6) is 0.552. The Labute approximate surface area is 151 Å². The van der Waals surface area contributed by atoms with E-state index in [-0.39, 0.29) is 5.97 Å². The van der Waals surface area contributed by atoms with Crippen molar-refractivity contribution in [3.63, 3.8) is 0 Å². The van der Waals surface area contributed by atoms with E-state index in [0.29, 0.717) is 12.2 Å². The highest BCUT2D eigenvalue weighted by Gasteiger charge is 2.11. The molecule has 2 aromatic carbocycles. The van der Waals surface area contributed by atoms with E-state index < -0.39 is 0 Å². The molecule has 0 fully saturated rings. The zero-order valence-corrected chi connectivity index (χ0v) is 15.6. The number of hydrogen-bond donors (Lipinski definition) is 1. The summed E-state index contributed by atoms with van der Waals surface area (Å²) in [5, 5.41) is 3.28. The number of nitrogens with one attached hydrogen (secondary N) is 1. The van der Waals surface area contributed by atoms with Crippen LogP contribution >= 0.6 is 15.9 Å². The standard InChI is InChI=1S/C19H22BrNO3/c1-14-5-8-16(9-6-14)24-12-4-3-11-21-18-10-7-15(20)13-17(18)19(22)23-2/h5-10,13,21H,3-4,11-12H2,1-2H3. The third-order valence-corrected chi connectivity index (χ3v) is 4.06. The molecule has 2 rings (SSSR count). The minimum absolute atomic E-state index is 0.346. The number of carbonyl (C=O) groups excluding carboxylic acids is 1. The van der Waals surface area contributed by atoms with Gasteiger partial charge in [-0.15, -0.1) is 0 Å². The lowest BCUT2D eigenvalue weighted by Crippen LogP contribution is -2.10. The first kappa shape index (κ1) is 18.3. The van der Waals surface area contributed by atoms with Crippen LogP contribution in [0.5, 0.6) is 5.75 Å². The number of anilines is 1. The molecule has 0 aliphatic carbocycles. The molecule has 0 aliphatic rings. The van der Waals surface area contributed by atoms with E-state index in [4.69, 9.17) is 9.47 Å². The monoisotopic (exact) mass is 391 g/mol. The van der Waals surface area contributed by atoms with Crippen molar-refractivity contribution in [3.8, 4) is 5.75 Å². The van der Waals surface area contributed by atoms with Gasteiger partial charge in [0.05, 0.1) is 19.3 Å². The molecule has 4 nitrogen and oxygen atoms in total. The SMILES string of the molecule is COC(=O)c1cc(Br)ccc1NCCCCOc1ccc(C)cc1. The topological polar surface area (TPSA) is 47.6 Å². The largest absolute Gasteiger partial charge is 0.494 e. The van der Waals surface area contributed by atoms with Crippen LogP contribution < -0.4 is 10.1 Å². The van der Waals surface area contributed by atoms with Gasteiger partial charge >= 0.3 is 5.97 Å². The van der Waals surface area contributed by atoms with Crippen molar-refractivity contribution in [2.45, 2.75) is 19.8 Å². The van der Waals surface area contributed by atoms with E-state index in [1.54, 1.807) is 6.07 Å². The minimum Gasteiger partial charge on any atom is -0.494 e. The highest BCUT2D eigenvalue weighted by atomic mass is 79.9. The zero-order chi connectivity index (χ0) is 17.4. The van der Waals surface area contributed by atoms with Crippen LogP contribution in [-0.4, -0.2) is 26.2 Å². The van der Waals surface area contributed by atoms with Crippen LogP contribution in [-0.2, 0) is 4.74 Å². The van der Waals surface area contributed by atoms with E-state index in [1.807, 2.05) is 36.4 Å². The summed E-state index contributed by atoms with van der Waals surface area (Å²) in [7, 11) is 1.38. The molecular formula is C19H22BrNO3. The van der Waals surface area contributed by atoms with Crippen molar-refractivity contribution in [1.29, 1.82) is 0 Å². The number of carbonyl (C=O) groups is 1. The summed E-state index contributed by atoms with van der Waals surface area (Å²) >= 11 is 3.37. The maximum absolute atomic E-state index is 11.8. The van der Waals surface area contributed by atoms with Crippen molar-refractivity contribution in [3.05, 3.63) is 58.1 Å². The fourth-order valence-corrected chi connectivity index (χ4v) is 2.59. The van der Waals surface area contributed by atoms with Gasteiger partial charge in [-0.25, -0.2) is 4.79 Å². The minimum atomic E-state index is -0.346. The van der Waals surface area contributed by atoms with Crippen LogP contribution in [0.2, 0.25) is 0 Å². The Hall–Kier alpha value is -2.01. The van der Waals surface area contributed by atoms with E-state index in [0.717, 1.165) is 35.3 Å². The molecule has 0 saturated carbocycles. The number of rotatable bonds is 8. The van der Waals surface area contributed by atoms with Gasteiger partial charge in [0, 0.05) is 16.7 Å². The molecule has 128 valence electrons. The van der Waals surface area contributed by atoms with Gasteiger partial charge in [-0.05, 0) is 50.1 Å². The fraction of sp³-hybridized carbons (Fsp3) is 0.316. The van der Waals surface area contributed by atoms with Gasteiger partial charge in [0.25, 0.3) is 0 Å². The van der Waals surface area contributed by atoms with E-state index in [2.05, 4.69) is 28.2 Å². The Kier molecular flexibility index (Phi) is 7.12. The van der Waals surface area contributed by atoms with Crippen LogP contribution in [0.1, 0.15) is 28.8 Å². The summed E-state index contributed by atoms with van der Waals surface area (Å²) in [6, 6.07) is 13.6. The van der Waals surface area contributed by atoms with E-state index in [9.17, 15) is 4.79 Å². The first-order chi connectivity index (χ1) is 11.6. The maximum Gasteiger partial charge on any atom is 0.340 e. The van der Waals surface area contributed by atoms with E-state index in [1.165, 1.54) is 12.7 Å². The van der Waals surface area contributed by atoms with Crippen LogP contribution in [0, 0.1) is 6.92 Å². The van der Waals surface area contributed by atoms with Gasteiger partial charge in [0.1, 0.15) is 5.75 Å². The van der Waals surface area contributed by atoms with Gasteiger partial charge in [0.2, 0.25) is 0 Å². The second-order valence-electron chi connectivity index (χ2n) is 5.48. The first-order valence-corrected chi connectivity index (χ1v) is 8.70. The predicted octanol–water partition coefficient (Wildman–Crippen LogP) is 4.82. The van der Waals surface area contributed by atoms with Crippen LogP contribution in [0.3, 0.4) is 0 Å². The highest BCUT2D eigenvalue weighted by molar-refractivity contribution is 9.10. The number of esters is 1. The smallest absolute Gasteiger partial charge is 0.340 e. The molecule has 0 unspecified atom stereocenters. The lowest BCUT2D eigenvalue weighted by molar-refractivity contribution is 0.0601. The molecule has 24 heavy (non-hydrogen) atoms. The molecule has 0 spiro atoms. The lowest BCUT2D eigenvalue weighted by Gasteiger charge is -2.11. The van der Waals surface area contributed by atoms with Crippen molar-refractivity contribution in [2.75, 3.05) is 25.6 Å². The molecule has 0 atom stereocenters. The van der Waals surface area contributed by atoms with Crippen molar-refractivity contribution in [1.82, 2.24) is 0 Å². The summed E-state index contributed by atoms with van der Waals surface area (Å²) in [5.41, 5.74) is 2.54. The van der Waals surface area contributed by atoms with Crippen molar-refractivity contribution in [2.24, 2.45) is 0 Å². The number of methoxy groups -OCH3 is 1. The first-order valence-electron chi connectivity index (χ1n) is 7.91. The number of benzene rings is 2. The van der Waals surface area contributed by atoms with Gasteiger partial charge in [-0.1, -0.05) is 33.6 Å². The zero-order valence-electron chi connectivity index (χ0n) is 14.0. The Morgan fingerprint density at radius 3 is 2.58 bits per heavy atom. The Morgan fingerprint density at radius 1 is 1.12 bits per heavy atom. The predicted molar refractivity (Wildman–Crippen MR) is 99.9 cm³/mol. The molecular weight excluding hydrogens is 370 g/mol. The molecule has 0 heterocycles. The maximum atomic E-state index is 11.8. The second kappa shape index (κ2) is 9.33. The van der Waals surface area contributed by atoms with Crippen LogP contribution in [0.25, 0.3) is 0 Å².